The number of amides is 2. The second kappa shape index (κ2) is 11.7. The summed E-state index contributed by atoms with van der Waals surface area (Å²) in [6.07, 6.45) is 1.37. The van der Waals surface area contributed by atoms with Crippen LogP contribution in [0, 0.1) is 0 Å². The third-order valence-electron chi connectivity index (χ3n) is 4.18. The Hall–Kier alpha value is -3.07. The number of methoxy groups -OCH3 is 1. The molecule has 3 aromatic rings. The molecule has 7 nitrogen and oxygen atoms in total. The van der Waals surface area contributed by atoms with Crippen LogP contribution in [-0.4, -0.2) is 25.1 Å². The molecule has 3 rings (SSSR count). The van der Waals surface area contributed by atoms with Crippen LogP contribution in [0.3, 0.4) is 0 Å². The number of nitrogens with one attached hydrogen (secondary N) is 2. The predicted octanol–water partition coefficient (Wildman–Crippen LogP) is 5.43. The van der Waals surface area contributed by atoms with E-state index in [1.54, 1.807) is 12.1 Å². The summed E-state index contributed by atoms with van der Waals surface area (Å²) in [5.41, 5.74) is 4.07. The number of halogens is 3. The van der Waals surface area contributed by atoms with Crippen molar-refractivity contribution in [2.75, 3.05) is 12.4 Å². The number of ether oxygens (including phenoxy) is 2. The second-order valence-corrected chi connectivity index (χ2v) is 8.35. The van der Waals surface area contributed by atoms with E-state index in [9.17, 15) is 9.59 Å². The molecule has 0 aromatic heterocycles. The Morgan fingerprint density at radius 3 is 2.39 bits per heavy atom. The topological polar surface area (TPSA) is 89.0 Å². The van der Waals surface area contributed by atoms with Gasteiger partial charge in [-0.15, -0.1) is 0 Å². The molecule has 2 amide bonds. The van der Waals surface area contributed by atoms with E-state index in [0.717, 1.165) is 5.56 Å². The summed E-state index contributed by atoms with van der Waals surface area (Å²) in [4.78, 5) is 24.1. The van der Waals surface area contributed by atoms with Gasteiger partial charge in [0.25, 0.3) is 0 Å². The minimum atomic E-state index is -0.962. The molecule has 0 radical (unpaired) electrons. The molecule has 0 saturated carbocycles. The number of nitrogens with zero attached hydrogens (tertiary/aromatic N) is 1. The smallest absolute Gasteiger partial charge is 0.329 e. The highest BCUT2D eigenvalue weighted by Gasteiger charge is 2.14. The highest BCUT2D eigenvalue weighted by Crippen LogP contribution is 2.36. The van der Waals surface area contributed by atoms with Crippen LogP contribution in [0.5, 0.6) is 11.5 Å². The van der Waals surface area contributed by atoms with Crippen LogP contribution < -0.4 is 20.2 Å². The first-order valence-electron chi connectivity index (χ1n) is 9.50. The van der Waals surface area contributed by atoms with Gasteiger partial charge < -0.3 is 14.8 Å². The molecule has 0 unspecified atom stereocenters. The van der Waals surface area contributed by atoms with Crippen LogP contribution in [0.25, 0.3) is 0 Å². The summed E-state index contributed by atoms with van der Waals surface area (Å²) in [6, 6.07) is 17.6. The number of benzene rings is 3. The zero-order valence-electron chi connectivity index (χ0n) is 17.3. The first-order valence-corrected chi connectivity index (χ1v) is 11.1. The molecule has 2 N–H and O–H groups in total. The van der Waals surface area contributed by atoms with Gasteiger partial charge in [0.15, 0.2) is 11.5 Å². The van der Waals surface area contributed by atoms with Gasteiger partial charge in [-0.1, -0.05) is 53.5 Å². The molecule has 0 aliphatic heterocycles. The lowest BCUT2D eigenvalue weighted by molar-refractivity contribution is -0.136. The average Bonchev–Trinajstić information content (AvgIpc) is 2.78. The number of hydrazone groups is 1. The fourth-order valence-corrected chi connectivity index (χ4v) is 3.81. The van der Waals surface area contributed by atoms with Crippen molar-refractivity contribution in [3.05, 3.63) is 86.3 Å². The molecular weight excluding hydrogens is 533 g/mol. The van der Waals surface area contributed by atoms with Crippen LogP contribution in [0.4, 0.5) is 5.69 Å². The Morgan fingerprint density at radius 2 is 1.73 bits per heavy atom. The van der Waals surface area contributed by atoms with Crippen LogP contribution in [-0.2, 0) is 16.2 Å². The first kappa shape index (κ1) is 24.6. The van der Waals surface area contributed by atoms with Gasteiger partial charge in [0.1, 0.15) is 6.61 Å². The van der Waals surface area contributed by atoms with Gasteiger partial charge in [-0.25, -0.2) is 5.43 Å². The van der Waals surface area contributed by atoms with Crippen molar-refractivity contribution < 1.29 is 19.1 Å². The lowest BCUT2D eigenvalue weighted by atomic mass is 10.2. The zero-order valence-corrected chi connectivity index (χ0v) is 20.4. The molecule has 3 aromatic carbocycles. The van der Waals surface area contributed by atoms with Crippen molar-refractivity contribution in [3.8, 4) is 11.5 Å². The molecule has 0 saturated heterocycles. The maximum absolute atomic E-state index is 12.0. The monoisotopic (exact) mass is 549 g/mol. The van der Waals surface area contributed by atoms with Gasteiger partial charge in [0, 0.05) is 15.7 Å². The van der Waals surface area contributed by atoms with Crippen molar-refractivity contribution in [3.63, 3.8) is 0 Å². The Bertz CT molecular complexity index is 1170. The molecule has 0 aliphatic carbocycles. The molecule has 170 valence electrons. The van der Waals surface area contributed by atoms with Gasteiger partial charge in [0.2, 0.25) is 0 Å². The van der Waals surface area contributed by atoms with E-state index in [0.29, 0.717) is 38.2 Å². The Labute approximate surface area is 208 Å². The quantitative estimate of drug-likeness (QED) is 0.233. The van der Waals surface area contributed by atoms with E-state index < -0.39 is 11.8 Å². The molecule has 0 atom stereocenters. The number of carbonyl (C=O) groups is 2. The Morgan fingerprint density at radius 1 is 1.03 bits per heavy atom. The SMILES string of the molecule is COc1cc(/C=N/NC(=O)C(=O)Nc2cc(Cl)cc(Cl)c2)cc(Br)c1OCc1ccccc1. The van der Waals surface area contributed by atoms with Gasteiger partial charge in [0.05, 0.1) is 17.8 Å². The minimum Gasteiger partial charge on any atom is -0.493 e. The van der Waals surface area contributed by atoms with Crippen molar-refractivity contribution in [2.24, 2.45) is 5.10 Å². The van der Waals surface area contributed by atoms with Crippen LogP contribution >= 0.6 is 39.1 Å². The highest BCUT2D eigenvalue weighted by molar-refractivity contribution is 9.10. The summed E-state index contributed by atoms with van der Waals surface area (Å²) in [5.74, 6) is -0.879. The summed E-state index contributed by atoms with van der Waals surface area (Å²) in [5, 5.41) is 6.87. The van der Waals surface area contributed by atoms with Gasteiger partial charge in [-0.2, -0.15) is 5.10 Å². The standard InChI is InChI=1S/C23H18BrCl2N3O4/c1-32-20-8-15(7-19(24)21(20)33-13-14-5-3-2-4-6-14)12-27-29-23(31)22(30)28-18-10-16(25)9-17(26)11-18/h2-12H,13H2,1H3,(H,28,30)(H,29,31)/b27-12+. The molecule has 0 aliphatic rings. The Kier molecular flexibility index (Phi) is 8.71. The van der Waals surface area contributed by atoms with Gasteiger partial charge in [-0.3, -0.25) is 9.59 Å². The molecule has 0 fully saturated rings. The Balaban J connectivity index is 1.62. The van der Waals surface area contributed by atoms with Gasteiger partial charge in [-0.05, 0) is 57.4 Å². The molecule has 10 heteroatoms. The summed E-state index contributed by atoms with van der Waals surface area (Å²) >= 11 is 15.2. The van der Waals surface area contributed by atoms with Gasteiger partial charge >= 0.3 is 11.8 Å². The average molecular weight is 551 g/mol. The lowest BCUT2D eigenvalue weighted by Crippen LogP contribution is -2.32. The van der Waals surface area contributed by atoms with Crippen LogP contribution in [0.15, 0.2) is 70.2 Å². The first-order chi connectivity index (χ1) is 15.9. The number of rotatable bonds is 7. The minimum absolute atomic E-state index is 0.288. The molecule has 0 bridgehead atoms. The highest BCUT2D eigenvalue weighted by atomic mass is 79.9. The fourth-order valence-electron chi connectivity index (χ4n) is 2.71. The normalized spacial score (nSPS) is 10.7. The van der Waals surface area contributed by atoms with E-state index in [2.05, 4.69) is 31.8 Å². The maximum atomic E-state index is 12.0. The van der Waals surface area contributed by atoms with E-state index in [1.807, 2.05) is 30.3 Å². The van der Waals surface area contributed by atoms with Crippen molar-refractivity contribution in [2.45, 2.75) is 6.61 Å². The molecule has 33 heavy (non-hydrogen) atoms. The van der Waals surface area contributed by atoms with Crippen LogP contribution in [0.2, 0.25) is 10.0 Å². The molecular formula is C23H18BrCl2N3O4. The van der Waals surface area contributed by atoms with E-state index in [-0.39, 0.29) is 5.69 Å². The number of hydrogen-bond acceptors (Lipinski definition) is 5. The summed E-state index contributed by atoms with van der Waals surface area (Å²) in [7, 11) is 1.52. The number of carbonyl (C=O) groups excluding carboxylic acids is 2. The third-order valence-corrected chi connectivity index (χ3v) is 5.21. The van der Waals surface area contributed by atoms with Crippen LogP contribution in [0.1, 0.15) is 11.1 Å². The number of anilines is 1. The van der Waals surface area contributed by atoms with E-state index >= 15 is 0 Å². The van der Waals surface area contributed by atoms with Crippen molar-refractivity contribution >= 4 is 62.8 Å². The van der Waals surface area contributed by atoms with Crippen molar-refractivity contribution in [1.82, 2.24) is 5.43 Å². The third kappa shape index (κ3) is 7.21. The van der Waals surface area contributed by atoms with E-state index in [4.69, 9.17) is 32.7 Å². The number of hydrogen-bond donors (Lipinski definition) is 2. The lowest BCUT2D eigenvalue weighted by Gasteiger charge is -2.13. The summed E-state index contributed by atoms with van der Waals surface area (Å²) < 4.78 is 11.9. The predicted molar refractivity (Wildman–Crippen MR) is 132 cm³/mol. The fraction of sp³-hybridized carbons (Fsp3) is 0.0870. The molecule has 0 heterocycles. The van der Waals surface area contributed by atoms with Crippen molar-refractivity contribution in [1.29, 1.82) is 0 Å². The van der Waals surface area contributed by atoms with E-state index in [1.165, 1.54) is 31.5 Å². The summed E-state index contributed by atoms with van der Waals surface area (Å²) in [6.45, 7) is 0.367. The zero-order chi connectivity index (χ0) is 23.8. The molecule has 0 spiro atoms. The second-order valence-electron chi connectivity index (χ2n) is 6.62. The largest absolute Gasteiger partial charge is 0.493 e. The maximum Gasteiger partial charge on any atom is 0.329 e.